The summed E-state index contributed by atoms with van der Waals surface area (Å²) in [5.74, 6) is 0.226. The van der Waals surface area contributed by atoms with Crippen LogP contribution < -0.4 is 0 Å². The van der Waals surface area contributed by atoms with Crippen molar-refractivity contribution in [1.82, 2.24) is 0 Å². The molecule has 1 aromatic carbocycles. The van der Waals surface area contributed by atoms with Crippen LogP contribution >= 0.6 is 0 Å². The molecule has 6 rings (SSSR count). The van der Waals surface area contributed by atoms with Crippen molar-refractivity contribution in [3.05, 3.63) is 54.1 Å². The van der Waals surface area contributed by atoms with Gasteiger partial charge in [-0.1, -0.05) is 36.4 Å². The molecule has 0 spiro atoms. The molecule has 5 aliphatic rings. The highest BCUT2D eigenvalue weighted by molar-refractivity contribution is 7.92. The van der Waals surface area contributed by atoms with Gasteiger partial charge in [-0.15, -0.1) is 0 Å². The van der Waals surface area contributed by atoms with Gasteiger partial charge in [-0.2, -0.15) is 0 Å². The molecule has 2 nitrogen and oxygen atoms in total. The van der Waals surface area contributed by atoms with Gasteiger partial charge in [-0.05, 0) is 17.7 Å². The predicted octanol–water partition coefficient (Wildman–Crippen LogP) is 2.05. The zero-order chi connectivity index (χ0) is 10.5. The molecule has 0 N–H and O–H groups in total. The Labute approximate surface area is 88.9 Å². The average molecular weight is 218 g/mol. The number of sulfone groups is 1. The molecule has 0 aromatic heterocycles. The van der Waals surface area contributed by atoms with Gasteiger partial charge in [-0.3, -0.25) is 0 Å². The predicted molar refractivity (Wildman–Crippen MR) is 58.4 cm³/mol. The Morgan fingerprint density at radius 3 is 2.07 bits per heavy atom. The summed E-state index contributed by atoms with van der Waals surface area (Å²) >= 11 is 0. The first kappa shape index (κ1) is 8.92. The summed E-state index contributed by atoms with van der Waals surface area (Å²) in [6.07, 6.45) is 7.47. The lowest BCUT2D eigenvalue weighted by molar-refractivity contribution is 0.594. The van der Waals surface area contributed by atoms with Crippen LogP contribution in [0.3, 0.4) is 0 Å². The molecule has 0 radical (unpaired) electrons. The van der Waals surface area contributed by atoms with Gasteiger partial charge >= 0.3 is 0 Å². The Morgan fingerprint density at radius 1 is 0.867 bits per heavy atom. The first-order chi connectivity index (χ1) is 7.18. The van der Waals surface area contributed by atoms with Gasteiger partial charge in [0.15, 0.2) is 9.84 Å². The fourth-order valence-corrected chi connectivity index (χ4v) is 3.48. The van der Waals surface area contributed by atoms with Gasteiger partial charge in [-0.25, -0.2) is 8.42 Å². The highest BCUT2D eigenvalue weighted by Gasteiger charge is 2.27. The quantitative estimate of drug-likeness (QED) is 0.624. The molecule has 0 fully saturated rings. The van der Waals surface area contributed by atoms with Crippen molar-refractivity contribution in [3.8, 4) is 0 Å². The van der Waals surface area contributed by atoms with Crippen LogP contribution in [0, 0.1) is 0 Å². The van der Waals surface area contributed by atoms with E-state index in [1.807, 2.05) is 24.3 Å². The standard InChI is InChI=1S/C12H10O2S/c13-15(14)11-5-1-9(2-6-11)10-3-7-12(15)8-4-10/h1-9,11H. The second kappa shape index (κ2) is 2.83. The van der Waals surface area contributed by atoms with Crippen molar-refractivity contribution in [2.75, 3.05) is 0 Å². The maximum atomic E-state index is 12.1. The van der Waals surface area contributed by atoms with Crippen LogP contribution in [0.5, 0.6) is 0 Å². The average Bonchev–Trinajstić information content (AvgIpc) is 2.40. The molecule has 0 saturated heterocycles. The summed E-state index contributed by atoms with van der Waals surface area (Å²) in [5, 5.41) is -0.490. The van der Waals surface area contributed by atoms with E-state index in [4.69, 9.17) is 0 Å². The Morgan fingerprint density at radius 2 is 1.47 bits per heavy atom. The molecule has 1 aromatic rings. The molecule has 4 bridgehead atoms. The van der Waals surface area contributed by atoms with E-state index in [0.29, 0.717) is 4.90 Å². The number of hydrogen-bond donors (Lipinski definition) is 0. The van der Waals surface area contributed by atoms with Crippen molar-refractivity contribution < 1.29 is 8.42 Å². The van der Waals surface area contributed by atoms with Gasteiger partial charge in [0, 0.05) is 5.92 Å². The van der Waals surface area contributed by atoms with Crippen LogP contribution in [0.1, 0.15) is 11.5 Å². The molecule has 3 heteroatoms. The van der Waals surface area contributed by atoms with Crippen molar-refractivity contribution >= 4 is 9.84 Å². The van der Waals surface area contributed by atoms with E-state index < -0.39 is 15.1 Å². The van der Waals surface area contributed by atoms with Crippen LogP contribution in [-0.2, 0) is 9.84 Å². The lowest BCUT2D eigenvalue weighted by Gasteiger charge is -2.13. The molecule has 0 unspecified atom stereocenters. The fourth-order valence-electron chi connectivity index (χ4n) is 2.05. The molecule has 0 saturated carbocycles. The minimum absolute atomic E-state index is 0.226. The molecular weight excluding hydrogens is 208 g/mol. The molecule has 0 amide bonds. The molecule has 15 heavy (non-hydrogen) atoms. The first-order valence-electron chi connectivity index (χ1n) is 4.88. The van der Waals surface area contributed by atoms with Crippen molar-refractivity contribution in [1.29, 1.82) is 0 Å². The monoisotopic (exact) mass is 218 g/mol. The van der Waals surface area contributed by atoms with E-state index >= 15 is 0 Å². The minimum Gasteiger partial charge on any atom is -0.223 e. The van der Waals surface area contributed by atoms with Crippen molar-refractivity contribution in [3.63, 3.8) is 0 Å². The lowest BCUT2D eigenvalue weighted by Crippen LogP contribution is -2.17. The zero-order valence-electron chi connectivity index (χ0n) is 8.00. The van der Waals surface area contributed by atoms with E-state index in [1.54, 1.807) is 24.3 Å². The van der Waals surface area contributed by atoms with Crippen LogP contribution in [0.25, 0.3) is 0 Å². The molecule has 4 aliphatic heterocycles. The molecule has 4 heterocycles. The summed E-state index contributed by atoms with van der Waals surface area (Å²) in [5.41, 5.74) is 1.14. The van der Waals surface area contributed by atoms with Crippen LogP contribution in [0.4, 0.5) is 0 Å². The van der Waals surface area contributed by atoms with E-state index in [0.717, 1.165) is 5.56 Å². The number of hydrogen-bond acceptors (Lipinski definition) is 2. The number of allylic oxidation sites excluding steroid dienone is 2. The van der Waals surface area contributed by atoms with Gasteiger partial charge in [0.05, 0.1) is 4.90 Å². The maximum absolute atomic E-state index is 12.1. The van der Waals surface area contributed by atoms with Gasteiger partial charge < -0.3 is 0 Å². The highest BCUT2D eigenvalue weighted by Crippen LogP contribution is 2.31. The zero-order valence-corrected chi connectivity index (χ0v) is 8.81. The normalized spacial score (nSPS) is 29.9. The molecular formula is C12H10O2S. The first-order valence-corrected chi connectivity index (χ1v) is 6.43. The summed E-state index contributed by atoms with van der Waals surface area (Å²) in [7, 11) is -3.22. The highest BCUT2D eigenvalue weighted by atomic mass is 32.2. The van der Waals surface area contributed by atoms with E-state index in [1.165, 1.54) is 0 Å². The van der Waals surface area contributed by atoms with Crippen molar-refractivity contribution in [2.45, 2.75) is 16.1 Å². The maximum Gasteiger partial charge on any atom is 0.188 e. The van der Waals surface area contributed by atoms with Gasteiger partial charge in [0.2, 0.25) is 0 Å². The third-order valence-electron chi connectivity index (χ3n) is 2.97. The van der Waals surface area contributed by atoms with Gasteiger partial charge in [0.1, 0.15) is 5.25 Å². The molecule has 0 atom stereocenters. The SMILES string of the molecule is O=S1(=O)c2ccc(cc2)C2C=CC1C=C2. The van der Waals surface area contributed by atoms with Crippen molar-refractivity contribution in [2.24, 2.45) is 0 Å². The summed E-state index contributed by atoms with van der Waals surface area (Å²) in [6.45, 7) is 0. The lowest BCUT2D eigenvalue weighted by atomic mass is 9.95. The molecule has 1 aliphatic carbocycles. The smallest absolute Gasteiger partial charge is 0.188 e. The minimum atomic E-state index is -3.22. The second-order valence-corrected chi connectivity index (χ2v) is 5.98. The topological polar surface area (TPSA) is 34.1 Å². The summed E-state index contributed by atoms with van der Waals surface area (Å²) < 4.78 is 24.2. The molecule has 76 valence electrons. The summed E-state index contributed by atoms with van der Waals surface area (Å²) in [6, 6.07) is 7.18. The van der Waals surface area contributed by atoms with Crippen LogP contribution in [0.15, 0.2) is 53.5 Å². The number of rotatable bonds is 0. The van der Waals surface area contributed by atoms with E-state index in [9.17, 15) is 8.42 Å². The van der Waals surface area contributed by atoms with E-state index in [2.05, 4.69) is 0 Å². The fraction of sp³-hybridized carbons (Fsp3) is 0.167. The second-order valence-electron chi connectivity index (χ2n) is 3.87. The third-order valence-corrected chi connectivity index (χ3v) is 4.93. The number of benzene rings is 1. The Hall–Kier alpha value is -1.35. The summed E-state index contributed by atoms with van der Waals surface area (Å²) in [4.78, 5) is 0.410. The van der Waals surface area contributed by atoms with Crippen LogP contribution in [-0.4, -0.2) is 13.7 Å². The Bertz CT molecular complexity index is 536. The van der Waals surface area contributed by atoms with Gasteiger partial charge in [0.25, 0.3) is 0 Å². The third kappa shape index (κ3) is 1.20. The van der Waals surface area contributed by atoms with Crippen LogP contribution in [0.2, 0.25) is 0 Å². The Kier molecular flexibility index (Phi) is 1.68. The Balaban J connectivity index is 2.37. The van der Waals surface area contributed by atoms with E-state index in [-0.39, 0.29) is 5.92 Å². The largest absolute Gasteiger partial charge is 0.223 e.